The molecule has 0 spiro atoms. The van der Waals surface area contributed by atoms with E-state index in [1.165, 1.54) is 0 Å². The molecule has 0 bridgehead atoms. The summed E-state index contributed by atoms with van der Waals surface area (Å²) in [6.07, 6.45) is -4.11. The van der Waals surface area contributed by atoms with Crippen molar-refractivity contribution in [3.8, 4) is 11.5 Å². The van der Waals surface area contributed by atoms with E-state index < -0.39 is 35.7 Å². The van der Waals surface area contributed by atoms with Crippen molar-refractivity contribution in [2.45, 2.75) is 13.0 Å². The molecule has 1 N–H and O–H groups in total. The number of rotatable bonds is 3. The van der Waals surface area contributed by atoms with E-state index in [2.05, 4.69) is 14.5 Å². The second kappa shape index (κ2) is 4.42. The monoisotopic (exact) mass is 241 g/mol. The number of nitrogens with one attached hydrogen (secondary N) is 1. The highest BCUT2D eigenvalue weighted by atomic mass is 19.4. The standard InChI is InChI=1S/C8H7F4NO3/c1-15-5-3-13-4(2-9)7(6(5)14)16-8(10,11)12/h3H,2H2,1H3,(H,13,14). The molecular weight excluding hydrogens is 234 g/mol. The summed E-state index contributed by atoms with van der Waals surface area (Å²) >= 11 is 0. The third-order valence-corrected chi connectivity index (χ3v) is 1.65. The molecule has 1 rings (SSSR count). The van der Waals surface area contributed by atoms with Gasteiger partial charge in [0.05, 0.1) is 12.8 Å². The van der Waals surface area contributed by atoms with Crippen LogP contribution < -0.4 is 14.9 Å². The van der Waals surface area contributed by atoms with Crippen molar-refractivity contribution in [2.75, 3.05) is 7.11 Å². The molecule has 0 atom stereocenters. The minimum atomic E-state index is -5.07. The van der Waals surface area contributed by atoms with E-state index in [-0.39, 0.29) is 0 Å². The van der Waals surface area contributed by atoms with E-state index in [0.29, 0.717) is 0 Å². The predicted octanol–water partition coefficient (Wildman–Crippen LogP) is 1.75. The lowest BCUT2D eigenvalue weighted by Crippen LogP contribution is -2.24. The van der Waals surface area contributed by atoms with Crippen molar-refractivity contribution in [1.29, 1.82) is 0 Å². The van der Waals surface area contributed by atoms with Gasteiger partial charge >= 0.3 is 6.36 Å². The van der Waals surface area contributed by atoms with E-state index >= 15 is 0 Å². The lowest BCUT2D eigenvalue weighted by atomic mass is 10.3. The number of pyridine rings is 1. The molecule has 0 aliphatic rings. The molecule has 0 amide bonds. The van der Waals surface area contributed by atoms with E-state index in [0.717, 1.165) is 13.3 Å². The molecule has 16 heavy (non-hydrogen) atoms. The van der Waals surface area contributed by atoms with Crippen LogP contribution in [0.2, 0.25) is 0 Å². The number of aromatic nitrogens is 1. The summed E-state index contributed by atoms with van der Waals surface area (Å²) in [6, 6.07) is 0. The van der Waals surface area contributed by atoms with Gasteiger partial charge < -0.3 is 14.5 Å². The summed E-state index contributed by atoms with van der Waals surface area (Å²) in [5.74, 6) is -1.54. The Morgan fingerprint density at radius 1 is 1.44 bits per heavy atom. The smallest absolute Gasteiger partial charge is 0.491 e. The summed E-state index contributed by atoms with van der Waals surface area (Å²) in [6.45, 7) is -1.29. The minimum absolute atomic E-state index is 0.392. The van der Waals surface area contributed by atoms with Crippen LogP contribution in [-0.4, -0.2) is 18.5 Å². The van der Waals surface area contributed by atoms with Gasteiger partial charge in [0, 0.05) is 6.20 Å². The molecule has 8 heteroatoms. The average Bonchev–Trinajstić information content (AvgIpc) is 2.19. The van der Waals surface area contributed by atoms with Crippen LogP contribution in [-0.2, 0) is 6.67 Å². The van der Waals surface area contributed by atoms with E-state index in [1.54, 1.807) is 0 Å². The highest BCUT2D eigenvalue weighted by Crippen LogP contribution is 2.24. The Labute approximate surface area is 86.8 Å². The molecule has 1 heterocycles. The molecule has 0 saturated heterocycles. The molecule has 90 valence electrons. The maximum atomic E-state index is 12.3. The summed E-state index contributed by atoms with van der Waals surface area (Å²) in [4.78, 5) is 13.5. The van der Waals surface area contributed by atoms with Crippen LogP contribution in [0, 0.1) is 0 Å². The first-order valence-corrected chi connectivity index (χ1v) is 3.99. The van der Waals surface area contributed by atoms with Gasteiger partial charge in [0.25, 0.3) is 5.43 Å². The summed E-state index contributed by atoms with van der Waals surface area (Å²) in [7, 11) is 1.09. The SMILES string of the molecule is COc1c[nH]c(CF)c(OC(F)(F)F)c1=O. The molecule has 0 aliphatic carbocycles. The lowest BCUT2D eigenvalue weighted by Gasteiger charge is -2.11. The second-order valence-corrected chi connectivity index (χ2v) is 2.68. The molecule has 0 unspecified atom stereocenters. The van der Waals surface area contributed by atoms with Crippen molar-refractivity contribution in [2.24, 2.45) is 0 Å². The van der Waals surface area contributed by atoms with Gasteiger partial charge in [-0.05, 0) is 0 Å². The topological polar surface area (TPSA) is 51.3 Å². The van der Waals surface area contributed by atoms with Gasteiger partial charge in [-0.15, -0.1) is 13.2 Å². The molecule has 4 nitrogen and oxygen atoms in total. The normalized spacial score (nSPS) is 11.3. The van der Waals surface area contributed by atoms with E-state index in [1.807, 2.05) is 0 Å². The zero-order valence-electron chi connectivity index (χ0n) is 8.02. The van der Waals surface area contributed by atoms with Gasteiger partial charge in [0.15, 0.2) is 5.75 Å². The molecule has 0 saturated carbocycles. The summed E-state index contributed by atoms with van der Waals surface area (Å²) in [5.41, 5.74) is -1.76. The van der Waals surface area contributed by atoms with Crippen LogP contribution >= 0.6 is 0 Å². The Morgan fingerprint density at radius 2 is 2.06 bits per heavy atom. The second-order valence-electron chi connectivity index (χ2n) is 2.68. The summed E-state index contributed by atoms with van der Waals surface area (Å²) in [5, 5.41) is 0. The fraction of sp³-hybridized carbons (Fsp3) is 0.375. The fourth-order valence-corrected chi connectivity index (χ4v) is 1.01. The Hall–Kier alpha value is -1.73. The molecule has 0 fully saturated rings. The maximum Gasteiger partial charge on any atom is 0.573 e. The van der Waals surface area contributed by atoms with Crippen molar-refractivity contribution in [3.63, 3.8) is 0 Å². The van der Waals surface area contributed by atoms with Crippen molar-refractivity contribution < 1.29 is 27.0 Å². The van der Waals surface area contributed by atoms with Crippen LogP contribution in [0.25, 0.3) is 0 Å². The quantitative estimate of drug-likeness (QED) is 0.820. The fourth-order valence-electron chi connectivity index (χ4n) is 1.01. The minimum Gasteiger partial charge on any atom is -0.491 e. The highest BCUT2D eigenvalue weighted by Gasteiger charge is 2.34. The molecule has 1 aromatic heterocycles. The van der Waals surface area contributed by atoms with Gasteiger partial charge in [0.1, 0.15) is 6.67 Å². The van der Waals surface area contributed by atoms with Gasteiger partial charge in [-0.25, -0.2) is 4.39 Å². The third kappa shape index (κ3) is 2.65. The van der Waals surface area contributed by atoms with Crippen LogP contribution in [0.5, 0.6) is 11.5 Å². The van der Waals surface area contributed by atoms with Crippen LogP contribution in [0.3, 0.4) is 0 Å². The highest BCUT2D eigenvalue weighted by molar-refractivity contribution is 5.35. The lowest BCUT2D eigenvalue weighted by molar-refractivity contribution is -0.275. The molecule has 0 aliphatic heterocycles. The first-order chi connectivity index (χ1) is 7.39. The van der Waals surface area contributed by atoms with Crippen molar-refractivity contribution >= 4 is 0 Å². The first-order valence-electron chi connectivity index (χ1n) is 3.99. The number of aromatic amines is 1. The number of ether oxygens (including phenoxy) is 2. The van der Waals surface area contributed by atoms with Crippen LogP contribution in [0.1, 0.15) is 5.69 Å². The van der Waals surface area contributed by atoms with Crippen molar-refractivity contribution in [1.82, 2.24) is 4.98 Å². The molecular formula is C8H7F4NO3. The number of methoxy groups -OCH3 is 1. The maximum absolute atomic E-state index is 12.3. The van der Waals surface area contributed by atoms with Gasteiger partial charge in [-0.3, -0.25) is 4.79 Å². The largest absolute Gasteiger partial charge is 0.573 e. The zero-order chi connectivity index (χ0) is 12.3. The first kappa shape index (κ1) is 12.3. The molecule has 0 radical (unpaired) electrons. The zero-order valence-corrected chi connectivity index (χ0v) is 8.02. The molecule has 1 aromatic rings. The van der Waals surface area contributed by atoms with E-state index in [4.69, 9.17) is 0 Å². The van der Waals surface area contributed by atoms with Crippen LogP contribution in [0.15, 0.2) is 11.0 Å². The Bertz CT molecular complexity index is 426. The Kier molecular flexibility index (Phi) is 3.41. The van der Waals surface area contributed by atoms with Crippen molar-refractivity contribution in [3.05, 3.63) is 22.1 Å². The number of alkyl halides is 4. The molecule has 0 aromatic carbocycles. The third-order valence-electron chi connectivity index (χ3n) is 1.65. The Balaban J connectivity index is 3.27. The van der Waals surface area contributed by atoms with Crippen LogP contribution in [0.4, 0.5) is 17.6 Å². The van der Waals surface area contributed by atoms with Gasteiger partial charge in [-0.2, -0.15) is 0 Å². The average molecular weight is 241 g/mol. The number of halogens is 4. The predicted molar refractivity (Wildman–Crippen MR) is 45.1 cm³/mol. The number of hydrogen-bond acceptors (Lipinski definition) is 3. The van der Waals surface area contributed by atoms with Gasteiger partial charge in [-0.1, -0.05) is 0 Å². The Morgan fingerprint density at radius 3 is 2.50 bits per heavy atom. The number of H-pyrrole nitrogens is 1. The van der Waals surface area contributed by atoms with E-state index in [9.17, 15) is 22.4 Å². The number of hydrogen-bond donors (Lipinski definition) is 1. The van der Waals surface area contributed by atoms with Gasteiger partial charge in [0.2, 0.25) is 5.75 Å². The summed E-state index contributed by atoms with van der Waals surface area (Å²) < 4.78 is 56.0.